The van der Waals surface area contributed by atoms with E-state index in [1.807, 2.05) is 6.92 Å². The molecule has 4 unspecified atom stereocenters. The summed E-state index contributed by atoms with van der Waals surface area (Å²) >= 11 is 9.94. The van der Waals surface area contributed by atoms with Crippen molar-refractivity contribution in [1.29, 1.82) is 0 Å². The normalized spacial score (nSPS) is 30.2. The largest absolute Gasteiger partial charge is 0.323 e. The van der Waals surface area contributed by atoms with Gasteiger partial charge < -0.3 is 4.57 Å². The minimum Gasteiger partial charge on any atom is -0.323 e. The van der Waals surface area contributed by atoms with Crippen LogP contribution < -0.4 is 0 Å². The first-order valence-corrected chi connectivity index (χ1v) is 8.68. The summed E-state index contributed by atoms with van der Waals surface area (Å²) < 4.78 is 3.53. The van der Waals surface area contributed by atoms with Gasteiger partial charge in [0.2, 0.25) is 0 Å². The predicted molar refractivity (Wildman–Crippen MR) is 86.2 cm³/mol. The Morgan fingerprint density at radius 3 is 2.85 bits per heavy atom. The van der Waals surface area contributed by atoms with Crippen LogP contribution in [0.2, 0.25) is 0 Å². The van der Waals surface area contributed by atoms with Crippen molar-refractivity contribution in [3.8, 4) is 0 Å². The summed E-state index contributed by atoms with van der Waals surface area (Å²) in [7, 11) is 0. The highest BCUT2D eigenvalue weighted by Crippen LogP contribution is 2.52. The second-order valence-corrected chi connectivity index (χ2v) is 7.90. The van der Waals surface area contributed by atoms with Gasteiger partial charge in [0, 0.05) is 10.5 Å². The zero-order valence-corrected chi connectivity index (χ0v) is 13.9. The summed E-state index contributed by atoms with van der Waals surface area (Å²) in [4.78, 5) is 4.80. The molecule has 4 rings (SSSR count). The van der Waals surface area contributed by atoms with Gasteiger partial charge in [0.1, 0.15) is 5.82 Å². The topological polar surface area (TPSA) is 17.8 Å². The number of aromatic nitrogens is 2. The Morgan fingerprint density at radius 1 is 1.35 bits per heavy atom. The highest BCUT2D eigenvalue weighted by Gasteiger charge is 2.41. The van der Waals surface area contributed by atoms with Crippen LogP contribution in [0.15, 0.2) is 22.7 Å². The lowest BCUT2D eigenvalue weighted by atomic mass is 9.95. The first kappa shape index (κ1) is 13.1. The van der Waals surface area contributed by atoms with E-state index >= 15 is 0 Å². The van der Waals surface area contributed by atoms with Crippen LogP contribution in [0.1, 0.15) is 49.9 Å². The van der Waals surface area contributed by atoms with E-state index in [0.717, 1.165) is 27.6 Å². The van der Waals surface area contributed by atoms with Crippen molar-refractivity contribution in [1.82, 2.24) is 9.55 Å². The van der Waals surface area contributed by atoms with Crippen molar-refractivity contribution in [3.63, 3.8) is 0 Å². The third-order valence-electron chi connectivity index (χ3n) is 5.07. The molecule has 1 aromatic carbocycles. The molecule has 0 amide bonds. The second-order valence-electron chi connectivity index (χ2n) is 6.33. The Hall–Kier alpha value is -0.540. The minimum atomic E-state index is -0.0414. The number of halogens is 2. The van der Waals surface area contributed by atoms with E-state index in [1.165, 1.54) is 31.2 Å². The molecule has 1 aromatic heterocycles. The summed E-state index contributed by atoms with van der Waals surface area (Å²) in [5.41, 5.74) is 2.30. The molecule has 0 N–H and O–H groups in total. The van der Waals surface area contributed by atoms with Gasteiger partial charge in [-0.3, -0.25) is 0 Å². The van der Waals surface area contributed by atoms with Crippen LogP contribution in [0.4, 0.5) is 0 Å². The van der Waals surface area contributed by atoms with Gasteiger partial charge >= 0.3 is 0 Å². The van der Waals surface area contributed by atoms with Crippen molar-refractivity contribution in [2.24, 2.45) is 11.8 Å². The number of rotatable bonds is 2. The van der Waals surface area contributed by atoms with E-state index < -0.39 is 0 Å². The Balaban J connectivity index is 1.90. The monoisotopic (exact) mass is 352 g/mol. The standard InChI is InChI=1S/C16H18BrClN2/c1-9(18)16-19-13-8-12(17)4-5-14(13)20(16)15-7-10-2-3-11(15)6-10/h4-5,8-11,15H,2-3,6-7H2,1H3. The van der Waals surface area contributed by atoms with Crippen molar-refractivity contribution < 1.29 is 0 Å². The molecule has 2 aliphatic rings. The molecule has 1 heterocycles. The van der Waals surface area contributed by atoms with E-state index in [-0.39, 0.29) is 5.38 Å². The molecule has 2 aliphatic carbocycles. The molecule has 2 bridgehead atoms. The number of alkyl halides is 1. The zero-order valence-electron chi connectivity index (χ0n) is 11.5. The molecule has 20 heavy (non-hydrogen) atoms. The first-order chi connectivity index (χ1) is 9.63. The third kappa shape index (κ3) is 1.93. The number of nitrogens with zero attached hydrogens (tertiary/aromatic N) is 2. The number of hydrogen-bond donors (Lipinski definition) is 0. The van der Waals surface area contributed by atoms with E-state index in [9.17, 15) is 0 Å². The molecule has 4 heteroatoms. The summed E-state index contributed by atoms with van der Waals surface area (Å²) in [6.45, 7) is 2.03. The highest BCUT2D eigenvalue weighted by molar-refractivity contribution is 9.10. The summed E-state index contributed by atoms with van der Waals surface area (Å²) in [5, 5.41) is -0.0414. The molecule has 2 aromatic rings. The number of imidazole rings is 1. The van der Waals surface area contributed by atoms with Gasteiger partial charge in [-0.2, -0.15) is 0 Å². The third-order valence-corrected chi connectivity index (χ3v) is 5.76. The maximum Gasteiger partial charge on any atom is 0.127 e. The van der Waals surface area contributed by atoms with Gasteiger partial charge in [-0.15, -0.1) is 11.6 Å². The average Bonchev–Trinajstić information content (AvgIpc) is 3.09. The molecule has 2 saturated carbocycles. The van der Waals surface area contributed by atoms with E-state index in [2.05, 4.69) is 38.7 Å². The van der Waals surface area contributed by atoms with E-state index in [1.54, 1.807) is 0 Å². The summed E-state index contributed by atoms with van der Waals surface area (Å²) in [5.74, 6) is 2.80. The first-order valence-electron chi connectivity index (χ1n) is 7.45. The molecule has 0 saturated heterocycles. The minimum absolute atomic E-state index is 0.0414. The summed E-state index contributed by atoms with van der Waals surface area (Å²) in [6, 6.07) is 7.00. The highest BCUT2D eigenvalue weighted by atomic mass is 79.9. The molecule has 2 nitrogen and oxygen atoms in total. The van der Waals surface area contributed by atoms with Crippen LogP contribution in [-0.2, 0) is 0 Å². The van der Waals surface area contributed by atoms with Crippen LogP contribution in [0.5, 0.6) is 0 Å². The fourth-order valence-corrected chi connectivity index (χ4v) is 4.75. The second kappa shape index (κ2) is 4.74. The van der Waals surface area contributed by atoms with Gasteiger partial charge in [0.15, 0.2) is 0 Å². The Labute approximate surface area is 132 Å². The lowest BCUT2D eigenvalue weighted by Gasteiger charge is -2.26. The smallest absolute Gasteiger partial charge is 0.127 e. The lowest BCUT2D eigenvalue weighted by Crippen LogP contribution is -2.18. The molecule has 0 aliphatic heterocycles. The van der Waals surface area contributed by atoms with Crippen LogP contribution in [0.25, 0.3) is 11.0 Å². The molecule has 0 radical (unpaired) electrons. The predicted octanol–water partition coefficient (Wildman–Crippen LogP) is 5.46. The van der Waals surface area contributed by atoms with Gasteiger partial charge in [-0.1, -0.05) is 22.4 Å². The van der Waals surface area contributed by atoms with Gasteiger partial charge in [0.25, 0.3) is 0 Å². The van der Waals surface area contributed by atoms with Gasteiger partial charge in [-0.25, -0.2) is 4.98 Å². The van der Waals surface area contributed by atoms with Gasteiger partial charge in [-0.05, 0) is 56.2 Å². The molecular formula is C16H18BrClN2. The number of benzene rings is 1. The van der Waals surface area contributed by atoms with Crippen LogP contribution in [0.3, 0.4) is 0 Å². The maximum atomic E-state index is 6.41. The molecule has 0 spiro atoms. The summed E-state index contributed by atoms with van der Waals surface area (Å²) in [6.07, 6.45) is 5.51. The quantitative estimate of drug-likeness (QED) is 0.655. The van der Waals surface area contributed by atoms with Crippen molar-refractivity contribution in [3.05, 3.63) is 28.5 Å². The molecule has 4 atom stereocenters. The van der Waals surface area contributed by atoms with Crippen LogP contribution >= 0.6 is 27.5 Å². The fraction of sp³-hybridized carbons (Fsp3) is 0.562. The average molecular weight is 354 g/mol. The molecule has 106 valence electrons. The van der Waals surface area contributed by atoms with Crippen molar-refractivity contribution in [2.75, 3.05) is 0 Å². The fourth-order valence-electron chi connectivity index (χ4n) is 4.25. The van der Waals surface area contributed by atoms with Gasteiger partial charge in [0.05, 0.1) is 16.4 Å². The van der Waals surface area contributed by atoms with Crippen molar-refractivity contribution in [2.45, 2.75) is 44.0 Å². The Bertz CT molecular complexity index is 664. The number of fused-ring (bicyclic) bond motifs is 3. The SMILES string of the molecule is CC(Cl)c1nc2cc(Br)ccc2n1C1CC2CCC1C2. The van der Waals surface area contributed by atoms with Crippen LogP contribution in [0, 0.1) is 11.8 Å². The van der Waals surface area contributed by atoms with E-state index in [0.29, 0.717) is 6.04 Å². The zero-order chi connectivity index (χ0) is 13.9. The Morgan fingerprint density at radius 2 is 2.20 bits per heavy atom. The molecule has 2 fully saturated rings. The maximum absolute atomic E-state index is 6.41. The lowest BCUT2D eigenvalue weighted by molar-refractivity contribution is 0.329. The number of hydrogen-bond acceptors (Lipinski definition) is 1. The van der Waals surface area contributed by atoms with Crippen molar-refractivity contribution >= 4 is 38.6 Å². The van der Waals surface area contributed by atoms with Crippen LogP contribution in [-0.4, -0.2) is 9.55 Å². The molecular weight excluding hydrogens is 336 g/mol. The van der Waals surface area contributed by atoms with E-state index in [4.69, 9.17) is 16.6 Å². The Kier molecular flexibility index (Phi) is 3.11.